The second-order valence-corrected chi connectivity index (χ2v) is 7.75. The van der Waals surface area contributed by atoms with Crippen molar-refractivity contribution in [3.8, 4) is 5.69 Å². The summed E-state index contributed by atoms with van der Waals surface area (Å²) in [6.07, 6.45) is 1.45. The number of carbonyl (C=O) groups is 1. The number of anilines is 1. The number of nitrogens with zero attached hydrogens (tertiary/aromatic N) is 6. The molecule has 0 aliphatic rings. The molecule has 1 amide bonds. The van der Waals surface area contributed by atoms with E-state index in [1.165, 1.54) is 46.2 Å². The summed E-state index contributed by atoms with van der Waals surface area (Å²) < 4.78 is 15.1. The maximum Gasteiger partial charge on any atom is 0.257 e. The third kappa shape index (κ3) is 4.38. The van der Waals surface area contributed by atoms with Crippen molar-refractivity contribution in [2.45, 2.75) is 10.1 Å². The second kappa shape index (κ2) is 8.23. The number of benzene rings is 2. The smallest absolute Gasteiger partial charge is 0.257 e. The molecule has 0 bridgehead atoms. The standard InChI is InChI=1S/C17H12FN7OS2/c18-13-6-4-11(5-7-13)9-27-17-22-21-16(28-17)20-15(26)12-2-1-3-14(8-12)25-10-19-23-24-25/h1-8,10H,9H2,(H,20,21,26). The largest absolute Gasteiger partial charge is 0.296 e. The van der Waals surface area contributed by atoms with Crippen molar-refractivity contribution in [2.75, 3.05) is 5.32 Å². The third-order valence-electron chi connectivity index (χ3n) is 3.62. The Kier molecular flexibility index (Phi) is 5.35. The molecular weight excluding hydrogens is 401 g/mol. The van der Waals surface area contributed by atoms with Crippen LogP contribution >= 0.6 is 23.1 Å². The van der Waals surface area contributed by atoms with Crippen molar-refractivity contribution < 1.29 is 9.18 Å². The molecule has 1 N–H and O–H groups in total. The van der Waals surface area contributed by atoms with Crippen molar-refractivity contribution in [2.24, 2.45) is 0 Å². The zero-order valence-corrected chi connectivity index (χ0v) is 15.8. The van der Waals surface area contributed by atoms with Crippen molar-refractivity contribution in [1.29, 1.82) is 0 Å². The Hall–Kier alpha value is -3.18. The fourth-order valence-electron chi connectivity index (χ4n) is 2.28. The number of hydrogen-bond donors (Lipinski definition) is 1. The molecule has 140 valence electrons. The van der Waals surface area contributed by atoms with E-state index in [-0.39, 0.29) is 11.7 Å². The molecule has 0 aliphatic carbocycles. The Morgan fingerprint density at radius 2 is 2.04 bits per heavy atom. The Labute approximate surface area is 166 Å². The first kappa shape index (κ1) is 18.2. The highest BCUT2D eigenvalue weighted by atomic mass is 32.2. The molecule has 0 atom stereocenters. The first-order chi connectivity index (χ1) is 13.7. The maximum absolute atomic E-state index is 12.9. The van der Waals surface area contributed by atoms with Crippen molar-refractivity contribution >= 4 is 34.1 Å². The van der Waals surface area contributed by atoms with E-state index in [0.717, 1.165) is 5.56 Å². The first-order valence-corrected chi connectivity index (χ1v) is 9.83. The highest BCUT2D eigenvalue weighted by Crippen LogP contribution is 2.28. The lowest BCUT2D eigenvalue weighted by Gasteiger charge is -2.04. The topological polar surface area (TPSA) is 98.5 Å². The predicted molar refractivity (Wildman–Crippen MR) is 103 cm³/mol. The van der Waals surface area contributed by atoms with Crippen LogP contribution in [0.25, 0.3) is 5.69 Å². The SMILES string of the molecule is O=C(Nc1nnc(SCc2ccc(F)cc2)s1)c1cccc(-n2cnnn2)c1. The molecule has 28 heavy (non-hydrogen) atoms. The fourth-order valence-corrected chi connectivity index (χ4v) is 3.99. The molecule has 0 radical (unpaired) electrons. The van der Waals surface area contributed by atoms with Gasteiger partial charge >= 0.3 is 0 Å². The van der Waals surface area contributed by atoms with Gasteiger partial charge in [0.1, 0.15) is 12.1 Å². The number of halogens is 1. The van der Waals surface area contributed by atoms with E-state index in [9.17, 15) is 9.18 Å². The Balaban J connectivity index is 1.39. The predicted octanol–water partition coefficient (Wildman–Crippen LogP) is 3.20. The lowest BCUT2D eigenvalue weighted by molar-refractivity contribution is 0.102. The van der Waals surface area contributed by atoms with Gasteiger partial charge < -0.3 is 0 Å². The van der Waals surface area contributed by atoms with Gasteiger partial charge in [0.05, 0.1) is 5.69 Å². The van der Waals surface area contributed by atoms with Gasteiger partial charge in [-0.3, -0.25) is 10.1 Å². The molecule has 0 aliphatic heterocycles. The van der Waals surface area contributed by atoms with E-state index in [0.29, 0.717) is 26.5 Å². The van der Waals surface area contributed by atoms with E-state index < -0.39 is 0 Å². The molecule has 0 saturated carbocycles. The van der Waals surface area contributed by atoms with Gasteiger partial charge in [0.25, 0.3) is 5.91 Å². The number of nitrogens with one attached hydrogen (secondary N) is 1. The third-order valence-corrected chi connectivity index (χ3v) is 5.67. The number of rotatable bonds is 6. The summed E-state index contributed by atoms with van der Waals surface area (Å²) in [6, 6.07) is 13.2. The van der Waals surface area contributed by atoms with Gasteiger partial charge in [-0.05, 0) is 46.3 Å². The zero-order valence-electron chi connectivity index (χ0n) is 14.2. The lowest BCUT2D eigenvalue weighted by Crippen LogP contribution is -2.12. The van der Waals surface area contributed by atoms with Crippen LogP contribution in [0.3, 0.4) is 0 Å². The van der Waals surface area contributed by atoms with Crippen LogP contribution in [0.1, 0.15) is 15.9 Å². The highest BCUT2D eigenvalue weighted by Gasteiger charge is 2.12. The Morgan fingerprint density at radius 3 is 2.82 bits per heavy atom. The summed E-state index contributed by atoms with van der Waals surface area (Å²) >= 11 is 2.75. The monoisotopic (exact) mass is 413 g/mol. The lowest BCUT2D eigenvalue weighted by atomic mass is 10.2. The van der Waals surface area contributed by atoms with E-state index in [1.807, 2.05) is 0 Å². The Morgan fingerprint density at radius 1 is 1.18 bits per heavy atom. The first-order valence-electron chi connectivity index (χ1n) is 8.03. The molecular formula is C17H12FN7OS2. The molecule has 2 aromatic heterocycles. The maximum atomic E-state index is 12.9. The summed E-state index contributed by atoms with van der Waals surface area (Å²) in [6.45, 7) is 0. The number of amides is 1. The van der Waals surface area contributed by atoms with Gasteiger partial charge in [-0.2, -0.15) is 0 Å². The molecule has 11 heteroatoms. The van der Waals surface area contributed by atoms with Crippen LogP contribution in [-0.4, -0.2) is 36.3 Å². The van der Waals surface area contributed by atoms with Crippen molar-refractivity contribution in [3.63, 3.8) is 0 Å². The number of carbonyl (C=O) groups excluding carboxylic acids is 1. The molecule has 2 aromatic carbocycles. The number of tetrazole rings is 1. The summed E-state index contributed by atoms with van der Waals surface area (Å²) in [7, 11) is 0. The van der Waals surface area contributed by atoms with E-state index in [2.05, 4.69) is 31.0 Å². The average molecular weight is 413 g/mol. The number of thioether (sulfide) groups is 1. The van der Waals surface area contributed by atoms with Crippen molar-refractivity contribution in [1.82, 2.24) is 30.4 Å². The van der Waals surface area contributed by atoms with Crippen molar-refractivity contribution in [3.05, 3.63) is 71.8 Å². The molecule has 4 rings (SSSR count). The molecule has 8 nitrogen and oxygen atoms in total. The number of hydrogen-bond acceptors (Lipinski definition) is 8. The van der Waals surface area contributed by atoms with Crippen LogP contribution in [0.15, 0.2) is 59.2 Å². The zero-order chi connectivity index (χ0) is 19.3. The molecule has 0 saturated heterocycles. The highest BCUT2D eigenvalue weighted by molar-refractivity contribution is 8.00. The second-order valence-electron chi connectivity index (χ2n) is 5.55. The van der Waals surface area contributed by atoms with Gasteiger partial charge in [0.2, 0.25) is 5.13 Å². The van der Waals surface area contributed by atoms with E-state index in [1.54, 1.807) is 36.4 Å². The Bertz CT molecular complexity index is 1080. The molecule has 4 aromatic rings. The minimum Gasteiger partial charge on any atom is -0.296 e. The van der Waals surface area contributed by atoms with Gasteiger partial charge in [0, 0.05) is 11.3 Å². The van der Waals surface area contributed by atoms with Crippen LogP contribution in [-0.2, 0) is 5.75 Å². The summed E-state index contributed by atoms with van der Waals surface area (Å²) in [5.41, 5.74) is 2.10. The van der Waals surface area contributed by atoms with Gasteiger partial charge in [-0.15, -0.1) is 15.3 Å². The average Bonchev–Trinajstić information content (AvgIpc) is 3.40. The molecule has 0 fully saturated rings. The quantitative estimate of drug-likeness (QED) is 0.383. The van der Waals surface area contributed by atoms with Crippen LogP contribution in [0.4, 0.5) is 9.52 Å². The summed E-state index contributed by atoms with van der Waals surface area (Å²) in [5.74, 6) is 0.0663. The minimum atomic E-state index is -0.304. The summed E-state index contributed by atoms with van der Waals surface area (Å²) in [4.78, 5) is 12.5. The van der Waals surface area contributed by atoms with Crippen LogP contribution in [0.2, 0.25) is 0 Å². The van der Waals surface area contributed by atoms with Gasteiger partial charge in [-0.25, -0.2) is 9.07 Å². The van der Waals surface area contributed by atoms with Gasteiger partial charge in [0.15, 0.2) is 4.34 Å². The van der Waals surface area contributed by atoms with Gasteiger partial charge in [-0.1, -0.05) is 41.3 Å². The van der Waals surface area contributed by atoms with Crippen LogP contribution in [0, 0.1) is 5.82 Å². The van der Waals surface area contributed by atoms with E-state index >= 15 is 0 Å². The normalized spacial score (nSPS) is 10.8. The minimum absolute atomic E-state index is 0.265. The number of aromatic nitrogens is 6. The van der Waals surface area contributed by atoms with E-state index in [4.69, 9.17) is 0 Å². The molecule has 0 spiro atoms. The molecule has 2 heterocycles. The summed E-state index contributed by atoms with van der Waals surface area (Å²) in [5, 5.41) is 22.2. The fraction of sp³-hybridized carbons (Fsp3) is 0.0588. The van der Waals surface area contributed by atoms with Crippen LogP contribution < -0.4 is 5.32 Å². The molecule has 0 unspecified atom stereocenters. The van der Waals surface area contributed by atoms with Crippen LogP contribution in [0.5, 0.6) is 0 Å².